The molecule has 0 unspecified atom stereocenters. The standard InChI is InChI=1S/C12H18N4OS/c1-3-16(4-2)8-7-11-14-12(17-15-11)9-5-6-10(13)18-9/h5-6H,3-4,7-8,13H2,1-2H3. The number of thiophene rings is 1. The van der Waals surface area contributed by atoms with Gasteiger partial charge < -0.3 is 15.2 Å². The molecule has 0 saturated heterocycles. The van der Waals surface area contributed by atoms with Crippen molar-refractivity contribution >= 4 is 16.3 Å². The van der Waals surface area contributed by atoms with Crippen LogP contribution in [-0.4, -0.2) is 34.7 Å². The quantitative estimate of drug-likeness (QED) is 0.868. The van der Waals surface area contributed by atoms with Gasteiger partial charge >= 0.3 is 0 Å². The zero-order chi connectivity index (χ0) is 13.0. The Morgan fingerprint density at radius 3 is 2.72 bits per heavy atom. The first-order valence-electron chi connectivity index (χ1n) is 6.13. The van der Waals surface area contributed by atoms with Crippen LogP contribution in [0.15, 0.2) is 16.7 Å². The lowest BCUT2D eigenvalue weighted by molar-refractivity contribution is 0.303. The predicted molar refractivity (Wildman–Crippen MR) is 73.5 cm³/mol. The van der Waals surface area contributed by atoms with E-state index in [0.29, 0.717) is 5.89 Å². The van der Waals surface area contributed by atoms with Gasteiger partial charge in [0, 0.05) is 13.0 Å². The zero-order valence-corrected chi connectivity index (χ0v) is 11.5. The van der Waals surface area contributed by atoms with E-state index in [4.69, 9.17) is 10.3 Å². The van der Waals surface area contributed by atoms with Crippen LogP contribution < -0.4 is 5.73 Å². The summed E-state index contributed by atoms with van der Waals surface area (Å²) >= 11 is 1.46. The molecule has 0 amide bonds. The van der Waals surface area contributed by atoms with Gasteiger partial charge in [0.2, 0.25) is 0 Å². The highest BCUT2D eigenvalue weighted by molar-refractivity contribution is 7.19. The third kappa shape index (κ3) is 3.08. The molecule has 6 heteroatoms. The summed E-state index contributed by atoms with van der Waals surface area (Å²) in [5.41, 5.74) is 5.68. The van der Waals surface area contributed by atoms with Crippen LogP contribution in [0, 0.1) is 0 Å². The summed E-state index contributed by atoms with van der Waals surface area (Å²) in [4.78, 5) is 7.64. The number of nitrogens with zero attached hydrogens (tertiary/aromatic N) is 3. The second-order valence-electron chi connectivity index (χ2n) is 3.99. The topological polar surface area (TPSA) is 68.2 Å². The first-order valence-corrected chi connectivity index (χ1v) is 6.95. The van der Waals surface area contributed by atoms with Crippen LogP contribution in [0.5, 0.6) is 0 Å². The second kappa shape index (κ2) is 5.97. The number of hydrogen-bond acceptors (Lipinski definition) is 6. The van der Waals surface area contributed by atoms with Crippen LogP contribution >= 0.6 is 11.3 Å². The Kier molecular flexibility index (Phi) is 4.33. The molecule has 18 heavy (non-hydrogen) atoms. The summed E-state index contributed by atoms with van der Waals surface area (Å²) < 4.78 is 5.24. The molecule has 0 atom stereocenters. The highest BCUT2D eigenvalue weighted by Gasteiger charge is 2.11. The molecule has 2 aromatic heterocycles. The molecule has 0 saturated carbocycles. The average molecular weight is 266 g/mol. The highest BCUT2D eigenvalue weighted by Crippen LogP contribution is 2.27. The summed E-state index contributed by atoms with van der Waals surface area (Å²) in [6, 6.07) is 3.75. The molecule has 0 spiro atoms. The molecule has 0 radical (unpaired) electrons. The Morgan fingerprint density at radius 1 is 1.33 bits per heavy atom. The number of hydrogen-bond donors (Lipinski definition) is 1. The van der Waals surface area contributed by atoms with Crippen molar-refractivity contribution in [1.82, 2.24) is 15.0 Å². The first-order chi connectivity index (χ1) is 8.72. The summed E-state index contributed by atoms with van der Waals surface area (Å²) in [7, 11) is 0. The van der Waals surface area contributed by atoms with E-state index in [-0.39, 0.29) is 0 Å². The second-order valence-corrected chi connectivity index (χ2v) is 5.11. The Balaban J connectivity index is 1.98. The van der Waals surface area contributed by atoms with Crippen molar-refractivity contribution in [1.29, 1.82) is 0 Å². The Morgan fingerprint density at radius 2 is 2.11 bits per heavy atom. The van der Waals surface area contributed by atoms with Crippen LogP contribution in [0.1, 0.15) is 19.7 Å². The maximum atomic E-state index is 5.68. The Hall–Kier alpha value is -1.40. The van der Waals surface area contributed by atoms with Crippen LogP contribution in [0.2, 0.25) is 0 Å². The highest BCUT2D eigenvalue weighted by atomic mass is 32.1. The van der Waals surface area contributed by atoms with E-state index >= 15 is 0 Å². The lowest BCUT2D eigenvalue weighted by Gasteiger charge is -2.16. The third-order valence-electron chi connectivity index (χ3n) is 2.85. The van der Waals surface area contributed by atoms with Gasteiger partial charge in [-0.2, -0.15) is 4.98 Å². The molecule has 0 fully saturated rings. The Bertz CT molecular complexity index is 490. The maximum absolute atomic E-state index is 5.68. The van der Waals surface area contributed by atoms with Crippen molar-refractivity contribution in [3.05, 3.63) is 18.0 Å². The van der Waals surface area contributed by atoms with E-state index in [0.717, 1.165) is 41.8 Å². The SMILES string of the molecule is CCN(CC)CCc1noc(-c2ccc(N)s2)n1. The molecular weight excluding hydrogens is 248 g/mol. The van der Waals surface area contributed by atoms with Gasteiger partial charge in [-0.15, -0.1) is 11.3 Å². The summed E-state index contributed by atoms with van der Waals surface area (Å²) in [6.45, 7) is 7.35. The van der Waals surface area contributed by atoms with E-state index < -0.39 is 0 Å². The van der Waals surface area contributed by atoms with Gasteiger partial charge in [0.05, 0.1) is 9.88 Å². The van der Waals surface area contributed by atoms with Crippen LogP contribution in [-0.2, 0) is 6.42 Å². The lowest BCUT2D eigenvalue weighted by atomic mass is 10.3. The van der Waals surface area contributed by atoms with E-state index in [1.165, 1.54) is 11.3 Å². The predicted octanol–water partition coefficient (Wildman–Crippen LogP) is 2.26. The van der Waals surface area contributed by atoms with Gasteiger partial charge in [0.25, 0.3) is 5.89 Å². The number of nitrogens with two attached hydrogens (primary N) is 1. The third-order valence-corrected chi connectivity index (χ3v) is 3.75. The molecule has 5 nitrogen and oxygen atoms in total. The summed E-state index contributed by atoms with van der Waals surface area (Å²) in [5.74, 6) is 1.31. The van der Waals surface area contributed by atoms with E-state index in [1.807, 2.05) is 12.1 Å². The maximum Gasteiger partial charge on any atom is 0.268 e. The van der Waals surface area contributed by atoms with Gasteiger partial charge in [-0.25, -0.2) is 0 Å². The average Bonchev–Trinajstić information content (AvgIpc) is 2.99. The van der Waals surface area contributed by atoms with Crippen LogP contribution in [0.25, 0.3) is 10.8 Å². The van der Waals surface area contributed by atoms with Crippen molar-refractivity contribution in [3.8, 4) is 10.8 Å². The number of likely N-dealkylation sites (N-methyl/N-ethyl adjacent to an activating group) is 1. The van der Waals surface area contributed by atoms with Crippen LogP contribution in [0.4, 0.5) is 5.00 Å². The van der Waals surface area contributed by atoms with Crippen molar-refractivity contribution in [3.63, 3.8) is 0 Å². The van der Waals surface area contributed by atoms with Gasteiger partial charge in [-0.1, -0.05) is 19.0 Å². The molecule has 0 aliphatic rings. The van der Waals surface area contributed by atoms with Gasteiger partial charge in [-0.3, -0.25) is 0 Å². The fraction of sp³-hybridized carbons (Fsp3) is 0.500. The van der Waals surface area contributed by atoms with Gasteiger partial charge in [0.1, 0.15) is 0 Å². The number of anilines is 1. The molecule has 98 valence electrons. The van der Waals surface area contributed by atoms with Crippen molar-refractivity contribution in [2.45, 2.75) is 20.3 Å². The molecule has 0 aliphatic heterocycles. The largest absolute Gasteiger partial charge is 0.391 e. The monoisotopic (exact) mass is 266 g/mol. The zero-order valence-electron chi connectivity index (χ0n) is 10.7. The van der Waals surface area contributed by atoms with Gasteiger partial charge in [0.15, 0.2) is 5.82 Å². The summed E-state index contributed by atoms with van der Waals surface area (Å²) in [5, 5.41) is 4.75. The molecule has 0 aliphatic carbocycles. The van der Waals surface area contributed by atoms with Crippen molar-refractivity contribution < 1.29 is 4.52 Å². The fourth-order valence-corrected chi connectivity index (χ4v) is 2.42. The fourth-order valence-electron chi connectivity index (χ4n) is 1.72. The van der Waals surface area contributed by atoms with E-state index in [1.54, 1.807) is 0 Å². The molecule has 2 rings (SSSR count). The van der Waals surface area contributed by atoms with Crippen molar-refractivity contribution in [2.75, 3.05) is 25.4 Å². The van der Waals surface area contributed by atoms with E-state index in [2.05, 4.69) is 28.9 Å². The minimum absolute atomic E-state index is 0.561. The number of aromatic nitrogens is 2. The van der Waals surface area contributed by atoms with Crippen LogP contribution in [0.3, 0.4) is 0 Å². The molecule has 0 bridgehead atoms. The molecular formula is C12H18N4OS. The molecule has 2 N–H and O–H groups in total. The molecule has 2 aromatic rings. The minimum Gasteiger partial charge on any atom is -0.391 e. The van der Waals surface area contributed by atoms with Gasteiger partial charge in [-0.05, 0) is 25.2 Å². The molecule has 2 heterocycles. The molecule has 0 aromatic carbocycles. The minimum atomic E-state index is 0.561. The lowest BCUT2D eigenvalue weighted by Crippen LogP contribution is -2.25. The Labute approximate surface area is 111 Å². The smallest absolute Gasteiger partial charge is 0.268 e. The number of rotatable bonds is 6. The first kappa shape index (κ1) is 13.0. The summed E-state index contributed by atoms with van der Waals surface area (Å²) in [6.07, 6.45) is 0.812. The van der Waals surface area contributed by atoms with Crippen molar-refractivity contribution in [2.24, 2.45) is 0 Å². The number of nitrogen functional groups attached to an aromatic ring is 1. The normalized spacial score (nSPS) is 11.3. The van der Waals surface area contributed by atoms with E-state index in [9.17, 15) is 0 Å².